The maximum Gasteiger partial charge on any atom is 0.394 e. The minimum absolute atomic E-state index is 0.0493. The van der Waals surface area contributed by atoms with Crippen molar-refractivity contribution in [2.75, 3.05) is 13.1 Å². The van der Waals surface area contributed by atoms with Gasteiger partial charge in [0.2, 0.25) is 0 Å². The predicted molar refractivity (Wildman–Crippen MR) is 83.9 cm³/mol. The number of benzene rings is 1. The van der Waals surface area contributed by atoms with Crippen molar-refractivity contribution in [2.45, 2.75) is 24.4 Å². The number of fused-ring (bicyclic) bond motifs is 1. The lowest BCUT2D eigenvalue weighted by atomic mass is 9.74. The minimum Gasteiger partial charge on any atom is -0.393 e. The molecular weight excluding hydrogens is 353 g/mol. The lowest BCUT2D eigenvalue weighted by molar-refractivity contribution is 0.170. The first kappa shape index (κ1) is 17.9. The Labute approximate surface area is 139 Å². The Hall–Kier alpha value is -0.410. The van der Waals surface area contributed by atoms with Crippen LogP contribution in [0.5, 0.6) is 0 Å². The maximum absolute atomic E-state index is 9.90. The lowest BCUT2D eigenvalue weighted by Gasteiger charge is -2.29. The summed E-state index contributed by atoms with van der Waals surface area (Å²) in [5.41, 5.74) is 1.26. The molecule has 1 saturated carbocycles. The van der Waals surface area contributed by atoms with E-state index in [4.69, 9.17) is 40.7 Å². The Balaban J connectivity index is 0.000000309. The number of aliphatic hydroxyl groups excluding tert-OH is 1. The van der Waals surface area contributed by atoms with Crippen molar-refractivity contribution < 1.29 is 22.6 Å². The highest BCUT2D eigenvalue weighted by Gasteiger charge is 2.50. The number of hydrogen-bond acceptors (Lipinski definition) is 4. The Morgan fingerprint density at radius 2 is 1.86 bits per heavy atom. The standard InChI is InChI=1S/C13H15Cl2NO.H2O4S/c14-11-2-1-8(4-12(11)15)13-5-10(17)3-9(13)6-16-7-13;1-5(2,3)4/h1-2,4,9-10,16-17H,3,5-7H2;(H2,1,2,3,4)/t9-,10-,13+;/m0./s1. The summed E-state index contributed by atoms with van der Waals surface area (Å²) < 4.78 is 31.6. The van der Waals surface area contributed by atoms with Crippen molar-refractivity contribution in [3.05, 3.63) is 33.8 Å². The molecule has 22 heavy (non-hydrogen) atoms. The molecule has 1 saturated heterocycles. The van der Waals surface area contributed by atoms with Crippen LogP contribution in [0, 0.1) is 5.92 Å². The predicted octanol–water partition coefficient (Wildman–Crippen LogP) is 1.95. The van der Waals surface area contributed by atoms with Gasteiger partial charge in [0.1, 0.15) is 0 Å². The average molecular weight is 370 g/mol. The fourth-order valence-corrected chi connectivity index (χ4v) is 3.75. The molecule has 0 bridgehead atoms. The van der Waals surface area contributed by atoms with Crippen LogP contribution in [0.4, 0.5) is 0 Å². The van der Waals surface area contributed by atoms with Gasteiger partial charge in [0.15, 0.2) is 0 Å². The third kappa shape index (κ3) is 4.11. The van der Waals surface area contributed by atoms with E-state index >= 15 is 0 Å². The second-order valence-corrected chi connectivity index (χ2v) is 7.36. The molecule has 2 aliphatic rings. The molecule has 3 atom stereocenters. The van der Waals surface area contributed by atoms with Crippen LogP contribution >= 0.6 is 23.2 Å². The van der Waals surface area contributed by atoms with Gasteiger partial charge >= 0.3 is 10.4 Å². The van der Waals surface area contributed by atoms with E-state index in [2.05, 4.69) is 5.32 Å². The summed E-state index contributed by atoms with van der Waals surface area (Å²) in [6, 6.07) is 5.86. The Morgan fingerprint density at radius 1 is 1.23 bits per heavy atom. The topological polar surface area (TPSA) is 107 Å². The van der Waals surface area contributed by atoms with E-state index in [-0.39, 0.29) is 11.5 Å². The van der Waals surface area contributed by atoms with E-state index in [0.717, 1.165) is 25.9 Å². The van der Waals surface area contributed by atoms with E-state index in [0.29, 0.717) is 16.0 Å². The van der Waals surface area contributed by atoms with Crippen LogP contribution in [-0.4, -0.2) is 41.8 Å². The van der Waals surface area contributed by atoms with Crippen molar-refractivity contribution in [2.24, 2.45) is 5.92 Å². The molecule has 9 heteroatoms. The molecule has 0 spiro atoms. The second kappa shape index (κ2) is 6.60. The van der Waals surface area contributed by atoms with Crippen molar-refractivity contribution >= 4 is 33.6 Å². The van der Waals surface area contributed by atoms with Gasteiger partial charge in [-0.3, -0.25) is 9.11 Å². The summed E-state index contributed by atoms with van der Waals surface area (Å²) in [6.45, 7) is 1.91. The van der Waals surface area contributed by atoms with Crippen LogP contribution < -0.4 is 5.32 Å². The maximum atomic E-state index is 9.90. The number of aliphatic hydroxyl groups is 1. The second-order valence-electron chi connectivity index (χ2n) is 5.65. The molecule has 1 aromatic carbocycles. The van der Waals surface area contributed by atoms with Crippen LogP contribution in [-0.2, 0) is 15.8 Å². The van der Waals surface area contributed by atoms with Gasteiger partial charge in [0.05, 0.1) is 16.1 Å². The van der Waals surface area contributed by atoms with Gasteiger partial charge in [0.25, 0.3) is 0 Å². The number of nitrogens with one attached hydrogen (secondary N) is 1. The Bertz CT molecular complexity index is 646. The zero-order valence-electron chi connectivity index (χ0n) is 11.5. The molecule has 0 amide bonds. The van der Waals surface area contributed by atoms with Gasteiger partial charge in [-0.15, -0.1) is 0 Å². The average Bonchev–Trinajstić information content (AvgIpc) is 2.87. The third-order valence-corrected chi connectivity index (χ3v) is 5.00. The van der Waals surface area contributed by atoms with Crippen molar-refractivity contribution in [3.8, 4) is 0 Å². The molecule has 1 aromatic rings. The zero-order chi connectivity index (χ0) is 16.5. The van der Waals surface area contributed by atoms with E-state index in [1.165, 1.54) is 5.56 Å². The first-order valence-corrected chi connectivity index (χ1v) is 8.81. The van der Waals surface area contributed by atoms with Crippen molar-refractivity contribution in [3.63, 3.8) is 0 Å². The highest BCUT2D eigenvalue weighted by atomic mass is 35.5. The number of halogens is 2. The molecule has 0 unspecified atom stereocenters. The summed E-state index contributed by atoms with van der Waals surface area (Å²) in [4.78, 5) is 0. The largest absolute Gasteiger partial charge is 0.394 e. The molecule has 1 heterocycles. The monoisotopic (exact) mass is 369 g/mol. The minimum atomic E-state index is -4.67. The molecule has 3 rings (SSSR count). The van der Waals surface area contributed by atoms with Gasteiger partial charge < -0.3 is 10.4 Å². The zero-order valence-corrected chi connectivity index (χ0v) is 13.9. The van der Waals surface area contributed by atoms with Gasteiger partial charge in [-0.1, -0.05) is 29.3 Å². The number of rotatable bonds is 1. The van der Waals surface area contributed by atoms with E-state index < -0.39 is 10.4 Å². The molecule has 1 aliphatic heterocycles. The third-order valence-electron chi connectivity index (χ3n) is 4.26. The number of hydrogen-bond donors (Lipinski definition) is 4. The van der Waals surface area contributed by atoms with Gasteiger partial charge in [-0.25, -0.2) is 0 Å². The molecular formula is C13H17Cl2NO5S. The molecule has 2 fully saturated rings. The van der Waals surface area contributed by atoms with Crippen LogP contribution in [0.2, 0.25) is 10.0 Å². The molecule has 1 aliphatic carbocycles. The molecule has 4 N–H and O–H groups in total. The van der Waals surface area contributed by atoms with Crippen LogP contribution in [0.25, 0.3) is 0 Å². The summed E-state index contributed by atoms with van der Waals surface area (Å²) in [7, 11) is -4.67. The summed E-state index contributed by atoms with van der Waals surface area (Å²) in [6.07, 6.45) is 1.52. The highest BCUT2D eigenvalue weighted by molar-refractivity contribution is 7.79. The van der Waals surface area contributed by atoms with Crippen LogP contribution in [0.15, 0.2) is 18.2 Å². The fraction of sp³-hybridized carbons (Fsp3) is 0.538. The van der Waals surface area contributed by atoms with E-state index in [9.17, 15) is 5.11 Å². The molecule has 124 valence electrons. The van der Waals surface area contributed by atoms with E-state index in [1.807, 2.05) is 18.2 Å². The van der Waals surface area contributed by atoms with Crippen molar-refractivity contribution in [1.82, 2.24) is 5.32 Å². The van der Waals surface area contributed by atoms with Crippen molar-refractivity contribution in [1.29, 1.82) is 0 Å². The highest BCUT2D eigenvalue weighted by Crippen LogP contribution is 2.48. The Kier molecular flexibility index (Phi) is 5.38. The molecule has 6 nitrogen and oxygen atoms in total. The molecule has 0 radical (unpaired) electrons. The fourth-order valence-electron chi connectivity index (χ4n) is 3.45. The van der Waals surface area contributed by atoms with Gasteiger partial charge in [0, 0.05) is 12.0 Å². The quantitative estimate of drug-likeness (QED) is 0.563. The smallest absolute Gasteiger partial charge is 0.393 e. The van der Waals surface area contributed by atoms with E-state index in [1.54, 1.807) is 0 Å². The van der Waals surface area contributed by atoms with Crippen LogP contribution in [0.1, 0.15) is 18.4 Å². The first-order valence-electron chi connectivity index (χ1n) is 6.66. The SMILES string of the molecule is O=S(=O)(O)O.O[C@H]1C[C@H]2CNC[C@@]2(c2ccc(Cl)c(Cl)c2)C1. The normalized spacial score (nSPS) is 30.6. The first-order chi connectivity index (χ1) is 10.1. The lowest BCUT2D eigenvalue weighted by Crippen LogP contribution is -2.31. The van der Waals surface area contributed by atoms with Gasteiger partial charge in [-0.2, -0.15) is 8.42 Å². The molecule has 0 aromatic heterocycles. The van der Waals surface area contributed by atoms with Gasteiger partial charge in [-0.05, 0) is 43.0 Å². The summed E-state index contributed by atoms with van der Waals surface area (Å²) in [5.74, 6) is 0.509. The summed E-state index contributed by atoms with van der Waals surface area (Å²) in [5, 5.41) is 14.5. The van der Waals surface area contributed by atoms with Crippen LogP contribution in [0.3, 0.4) is 0 Å². The Morgan fingerprint density at radius 3 is 2.45 bits per heavy atom. The summed E-state index contributed by atoms with van der Waals surface area (Å²) >= 11 is 12.1.